The lowest BCUT2D eigenvalue weighted by Crippen LogP contribution is -2.50. The van der Waals surface area contributed by atoms with Gasteiger partial charge in [0.1, 0.15) is 5.75 Å². The van der Waals surface area contributed by atoms with E-state index in [4.69, 9.17) is 5.11 Å². The number of rotatable bonds is 12. The quantitative estimate of drug-likeness (QED) is 0.490. The second kappa shape index (κ2) is 15.4. The Hall–Kier alpha value is -1.09. The molecule has 3 heteroatoms. The van der Waals surface area contributed by atoms with Gasteiger partial charge in [0.15, 0.2) is 0 Å². The smallest absolute Gasteiger partial charge is 0.133 e. The number of aromatic nitrogens is 1. The van der Waals surface area contributed by atoms with E-state index in [-0.39, 0.29) is 5.75 Å². The molecule has 140 valence electrons. The molecule has 0 saturated heterocycles. The van der Waals surface area contributed by atoms with Crippen LogP contribution in [-0.4, -0.2) is 40.8 Å². The van der Waals surface area contributed by atoms with Gasteiger partial charge in [0.25, 0.3) is 0 Å². The van der Waals surface area contributed by atoms with Crippen molar-refractivity contribution in [1.29, 1.82) is 0 Å². The molecular weight excluding hydrogens is 296 g/mol. The minimum absolute atomic E-state index is 0.211. The fourth-order valence-corrected chi connectivity index (χ4v) is 3.00. The van der Waals surface area contributed by atoms with Crippen LogP contribution in [-0.2, 0) is 0 Å². The van der Waals surface area contributed by atoms with E-state index in [2.05, 4.69) is 32.7 Å². The molecule has 0 aromatic carbocycles. The van der Waals surface area contributed by atoms with Crippen LogP contribution in [0.15, 0.2) is 24.5 Å². The number of hydrogen-bond donors (Lipinski definition) is 1. The minimum Gasteiger partial charge on any atom is -0.506 e. The summed E-state index contributed by atoms with van der Waals surface area (Å²) in [6.07, 6.45) is 14.1. The summed E-state index contributed by atoms with van der Waals surface area (Å²) in [4.78, 5) is 3.63. The number of quaternary nitrogens is 1. The van der Waals surface area contributed by atoms with Crippen LogP contribution in [0, 0.1) is 0 Å². The average molecular weight is 338 g/mol. The van der Waals surface area contributed by atoms with E-state index in [9.17, 15) is 0 Å². The third-order valence-electron chi connectivity index (χ3n) is 4.59. The monoisotopic (exact) mass is 337 g/mol. The number of aromatic hydroxyl groups is 1. The lowest BCUT2D eigenvalue weighted by molar-refractivity contribution is -0.929. The van der Waals surface area contributed by atoms with Gasteiger partial charge in [-0.25, -0.2) is 0 Å². The van der Waals surface area contributed by atoms with Crippen molar-refractivity contribution in [3.05, 3.63) is 24.5 Å². The van der Waals surface area contributed by atoms with Crippen molar-refractivity contribution in [2.24, 2.45) is 0 Å². The van der Waals surface area contributed by atoms with Gasteiger partial charge in [-0.3, -0.25) is 4.98 Å². The lowest BCUT2D eigenvalue weighted by atomic mass is 10.1. The Morgan fingerprint density at radius 2 is 1.21 bits per heavy atom. The molecule has 0 radical (unpaired) electrons. The van der Waals surface area contributed by atoms with Crippen molar-refractivity contribution in [2.45, 2.75) is 79.1 Å². The maximum atomic E-state index is 8.57. The summed E-state index contributed by atoms with van der Waals surface area (Å²) in [6.45, 7) is 15.0. The fourth-order valence-electron chi connectivity index (χ4n) is 3.00. The Balaban J connectivity index is 0.000000620. The van der Waals surface area contributed by atoms with Gasteiger partial charge < -0.3 is 9.59 Å². The van der Waals surface area contributed by atoms with Gasteiger partial charge in [0.05, 0.1) is 32.4 Å². The molecule has 1 heterocycles. The standard InChI is InChI=1S/C16H36N.C5H5NO/c1-5-9-13-17(14-10-6-2,15-11-7-3)16-12-8-4;7-5-2-1-3-6-4-5/h5-16H2,1-4H3;1-4,7H/q+1;. The van der Waals surface area contributed by atoms with Gasteiger partial charge in [-0.15, -0.1) is 0 Å². The minimum atomic E-state index is 0.211. The molecule has 3 nitrogen and oxygen atoms in total. The van der Waals surface area contributed by atoms with Gasteiger partial charge in [-0.05, 0) is 37.8 Å². The molecule has 0 aliphatic heterocycles. The van der Waals surface area contributed by atoms with E-state index in [1.807, 2.05) is 0 Å². The van der Waals surface area contributed by atoms with Gasteiger partial charge in [-0.1, -0.05) is 53.4 Å². The second-order valence-electron chi connectivity index (χ2n) is 6.86. The van der Waals surface area contributed by atoms with E-state index in [0.717, 1.165) is 0 Å². The highest BCUT2D eigenvalue weighted by Gasteiger charge is 2.24. The van der Waals surface area contributed by atoms with Crippen molar-refractivity contribution < 1.29 is 9.59 Å². The maximum absolute atomic E-state index is 8.57. The Bertz CT molecular complexity index is 330. The number of hydrogen-bond acceptors (Lipinski definition) is 2. The Morgan fingerprint density at radius 1 is 0.792 bits per heavy atom. The fraction of sp³-hybridized carbons (Fsp3) is 0.762. The molecule has 0 aliphatic rings. The first-order chi connectivity index (χ1) is 11.6. The van der Waals surface area contributed by atoms with Crippen LogP contribution in [0.2, 0.25) is 0 Å². The number of nitrogens with zero attached hydrogens (tertiary/aromatic N) is 2. The molecule has 0 bridgehead atoms. The molecule has 0 unspecified atom stereocenters. The zero-order valence-electron chi connectivity index (χ0n) is 16.6. The average Bonchev–Trinajstić information content (AvgIpc) is 2.62. The third kappa shape index (κ3) is 11.4. The third-order valence-corrected chi connectivity index (χ3v) is 4.59. The van der Waals surface area contributed by atoms with Crippen LogP contribution in [0.5, 0.6) is 5.75 Å². The van der Waals surface area contributed by atoms with E-state index in [1.165, 1.54) is 88.2 Å². The normalized spacial score (nSPS) is 11.0. The van der Waals surface area contributed by atoms with E-state index in [0.29, 0.717) is 0 Å². The molecule has 0 amide bonds. The highest BCUT2D eigenvalue weighted by Crippen LogP contribution is 2.16. The molecule has 0 aliphatic carbocycles. The van der Waals surface area contributed by atoms with Crippen LogP contribution < -0.4 is 0 Å². The van der Waals surface area contributed by atoms with Crippen molar-refractivity contribution in [1.82, 2.24) is 4.98 Å². The molecule has 1 rings (SSSR count). The first kappa shape index (κ1) is 22.9. The van der Waals surface area contributed by atoms with Crippen molar-refractivity contribution >= 4 is 0 Å². The van der Waals surface area contributed by atoms with Gasteiger partial charge in [0.2, 0.25) is 0 Å². The molecule has 1 N–H and O–H groups in total. The SMILES string of the molecule is CCCC[N+](CCCC)(CCCC)CCCC.Oc1cccnc1. The summed E-state index contributed by atoms with van der Waals surface area (Å²) in [5, 5.41) is 8.57. The van der Waals surface area contributed by atoms with Crippen molar-refractivity contribution in [3.63, 3.8) is 0 Å². The summed E-state index contributed by atoms with van der Waals surface area (Å²) in [6, 6.07) is 3.25. The van der Waals surface area contributed by atoms with E-state index < -0.39 is 0 Å². The summed E-state index contributed by atoms with van der Waals surface area (Å²) < 4.78 is 1.42. The summed E-state index contributed by atoms with van der Waals surface area (Å²) in [7, 11) is 0. The van der Waals surface area contributed by atoms with Crippen LogP contribution in [0.25, 0.3) is 0 Å². The maximum Gasteiger partial charge on any atom is 0.133 e. The summed E-state index contributed by atoms with van der Waals surface area (Å²) >= 11 is 0. The van der Waals surface area contributed by atoms with Crippen LogP contribution in [0.1, 0.15) is 79.1 Å². The predicted octanol–water partition coefficient (Wildman–Crippen LogP) is 5.79. The molecule has 1 aromatic heterocycles. The largest absolute Gasteiger partial charge is 0.506 e. The first-order valence-electron chi connectivity index (χ1n) is 10.1. The lowest BCUT2D eigenvalue weighted by Gasteiger charge is -2.39. The topological polar surface area (TPSA) is 33.1 Å². The summed E-state index contributed by atoms with van der Waals surface area (Å²) in [5.41, 5.74) is 0. The van der Waals surface area contributed by atoms with Crippen LogP contribution >= 0.6 is 0 Å². The summed E-state index contributed by atoms with van der Waals surface area (Å²) in [5.74, 6) is 0.211. The Labute approximate surface area is 150 Å². The number of unbranched alkanes of at least 4 members (excludes halogenated alkanes) is 4. The van der Waals surface area contributed by atoms with Gasteiger partial charge in [0, 0.05) is 6.20 Å². The van der Waals surface area contributed by atoms with Crippen molar-refractivity contribution in [3.8, 4) is 5.75 Å². The molecule has 0 atom stereocenters. The first-order valence-corrected chi connectivity index (χ1v) is 10.1. The zero-order valence-corrected chi connectivity index (χ0v) is 16.6. The second-order valence-corrected chi connectivity index (χ2v) is 6.86. The van der Waals surface area contributed by atoms with Gasteiger partial charge >= 0.3 is 0 Å². The van der Waals surface area contributed by atoms with Gasteiger partial charge in [-0.2, -0.15) is 0 Å². The number of pyridine rings is 1. The molecule has 0 saturated carbocycles. The molecule has 1 aromatic rings. The van der Waals surface area contributed by atoms with Crippen LogP contribution in [0.3, 0.4) is 0 Å². The molecule has 0 spiro atoms. The van der Waals surface area contributed by atoms with E-state index in [1.54, 1.807) is 18.3 Å². The Morgan fingerprint density at radius 3 is 1.42 bits per heavy atom. The highest BCUT2D eigenvalue weighted by molar-refractivity contribution is 5.12. The van der Waals surface area contributed by atoms with E-state index >= 15 is 0 Å². The Kier molecular flexibility index (Phi) is 14.7. The molecular formula is C21H41N2O+. The van der Waals surface area contributed by atoms with Crippen LogP contribution in [0.4, 0.5) is 0 Å². The molecule has 0 fully saturated rings. The zero-order chi connectivity index (χ0) is 18.1. The van der Waals surface area contributed by atoms with Crippen molar-refractivity contribution in [2.75, 3.05) is 26.2 Å². The predicted molar refractivity (Wildman–Crippen MR) is 105 cm³/mol. The highest BCUT2D eigenvalue weighted by atomic mass is 16.3. The molecule has 24 heavy (non-hydrogen) atoms.